The van der Waals surface area contributed by atoms with E-state index in [2.05, 4.69) is 32.5 Å². The first-order valence-electron chi connectivity index (χ1n) is 8.20. The zero-order valence-electron chi connectivity index (χ0n) is 14.6. The Hall–Kier alpha value is -1.68. The summed E-state index contributed by atoms with van der Waals surface area (Å²) in [6.45, 7) is 4.41. The van der Waals surface area contributed by atoms with Gasteiger partial charge in [-0.2, -0.15) is 0 Å². The Bertz CT molecular complexity index is 682. The topological polar surface area (TPSA) is 76.4 Å². The normalized spacial score (nSPS) is 20.2. The van der Waals surface area contributed by atoms with Crippen LogP contribution in [0.1, 0.15) is 25.3 Å². The fraction of sp³-hybridized carbons (Fsp3) is 0.471. The summed E-state index contributed by atoms with van der Waals surface area (Å²) in [4.78, 5) is 12.7. The molecular formula is C17H25IN6O. The van der Waals surface area contributed by atoms with Crippen LogP contribution in [0.3, 0.4) is 0 Å². The Balaban J connectivity index is 0.00000225. The Labute approximate surface area is 165 Å². The third-order valence-corrected chi connectivity index (χ3v) is 4.19. The van der Waals surface area contributed by atoms with Crippen molar-refractivity contribution in [1.82, 2.24) is 25.2 Å². The maximum absolute atomic E-state index is 5.79. The van der Waals surface area contributed by atoms with Crippen LogP contribution in [-0.2, 0) is 11.3 Å². The number of pyridine rings is 1. The van der Waals surface area contributed by atoms with Crippen molar-refractivity contribution in [3.8, 4) is 5.82 Å². The second-order valence-electron chi connectivity index (χ2n) is 6.17. The molecule has 136 valence electrons. The van der Waals surface area contributed by atoms with Crippen molar-refractivity contribution in [1.29, 1.82) is 0 Å². The molecule has 2 N–H and O–H groups in total. The molecule has 7 nitrogen and oxygen atoms in total. The fourth-order valence-corrected chi connectivity index (χ4v) is 2.76. The van der Waals surface area contributed by atoms with Crippen molar-refractivity contribution < 1.29 is 4.74 Å². The van der Waals surface area contributed by atoms with Gasteiger partial charge >= 0.3 is 0 Å². The maximum atomic E-state index is 5.79. The largest absolute Gasteiger partial charge is 0.373 e. The van der Waals surface area contributed by atoms with Crippen LogP contribution in [0.15, 0.2) is 42.0 Å². The first-order valence-corrected chi connectivity index (χ1v) is 8.20. The summed E-state index contributed by atoms with van der Waals surface area (Å²) in [5.74, 6) is 1.62. The van der Waals surface area contributed by atoms with Crippen molar-refractivity contribution in [2.45, 2.75) is 31.9 Å². The summed E-state index contributed by atoms with van der Waals surface area (Å²) in [5.41, 5.74) is 1.03. The molecule has 1 saturated heterocycles. The number of hydrogen-bond donors (Lipinski definition) is 2. The molecule has 8 heteroatoms. The number of imidazole rings is 1. The molecule has 1 fully saturated rings. The van der Waals surface area contributed by atoms with Crippen LogP contribution in [0.2, 0.25) is 0 Å². The third kappa shape index (κ3) is 5.40. The van der Waals surface area contributed by atoms with E-state index in [1.165, 1.54) is 0 Å². The Morgan fingerprint density at radius 2 is 2.28 bits per heavy atom. The third-order valence-electron chi connectivity index (χ3n) is 4.19. The standard InChI is InChI=1S/C17H24N6O.HI/c1-17(5-3-9-24-17)12-22-16(18-2)21-11-14-4-6-20-15(10-14)23-8-7-19-13-23;/h4,6-8,10,13H,3,5,9,11-12H2,1-2H3,(H2,18,21,22);1H. The van der Waals surface area contributed by atoms with Crippen molar-refractivity contribution in [3.63, 3.8) is 0 Å². The van der Waals surface area contributed by atoms with Crippen molar-refractivity contribution in [2.75, 3.05) is 20.2 Å². The molecule has 1 aliphatic rings. The Kier molecular flexibility index (Phi) is 7.18. The van der Waals surface area contributed by atoms with E-state index in [0.29, 0.717) is 6.54 Å². The molecule has 1 atom stereocenters. The van der Waals surface area contributed by atoms with Crippen LogP contribution >= 0.6 is 24.0 Å². The predicted molar refractivity (Wildman–Crippen MR) is 109 cm³/mol. The molecule has 2 aromatic rings. The van der Waals surface area contributed by atoms with Gasteiger partial charge in [0, 0.05) is 45.3 Å². The Morgan fingerprint density at radius 1 is 1.40 bits per heavy atom. The fourth-order valence-electron chi connectivity index (χ4n) is 2.76. The minimum absolute atomic E-state index is 0. The van der Waals surface area contributed by atoms with Gasteiger partial charge in [-0.1, -0.05) is 0 Å². The van der Waals surface area contributed by atoms with Gasteiger partial charge in [-0.15, -0.1) is 24.0 Å². The smallest absolute Gasteiger partial charge is 0.191 e. The highest BCUT2D eigenvalue weighted by Gasteiger charge is 2.29. The highest BCUT2D eigenvalue weighted by Crippen LogP contribution is 2.23. The zero-order valence-corrected chi connectivity index (χ0v) is 16.9. The minimum Gasteiger partial charge on any atom is -0.373 e. The second kappa shape index (κ2) is 9.14. The molecule has 3 heterocycles. The number of aliphatic imine (C=N–C) groups is 1. The van der Waals surface area contributed by atoms with Crippen LogP contribution in [0, 0.1) is 0 Å². The lowest BCUT2D eigenvalue weighted by Crippen LogP contribution is -2.45. The van der Waals surface area contributed by atoms with Gasteiger partial charge in [0.25, 0.3) is 0 Å². The monoisotopic (exact) mass is 456 g/mol. The molecule has 0 aliphatic carbocycles. The molecule has 0 spiro atoms. The highest BCUT2D eigenvalue weighted by atomic mass is 127. The number of ether oxygens (including phenoxy) is 1. The van der Waals surface area contributed by atoms with E-state index in [-0.39, 0.29) is 29.6 Å². The number of rotatable bonds is 5. The maximum Gasteiger partial charge on any atom is 0.191 e. The van der Waals surface area contributed by atoms with E-state index in [9.17, 15) is 0 Å². The van der Waals surface area contributed by atoms with Gasteiger partial charge in [0.1, 0.15) is 12.1 Å². The first-order chi connectivity index (χ1) is 11.7. The molecule has 0 aromatic carbocycles. The van der Waals surface area contributed by atoms with E-state index in [1.807, 2.05) is 22.9 Å². The summed E-state index contributed by atoms with van der Waals surface area (Å²) in [6, 6.07) is 4.02. The molecule has 0 saturated carbocycles. The molecule has 2 aromatic heterocycles. The number of nitrogens with zero attached hydrogens (tertiary/aromatic N) is 4. The molecule has 3 rings (SSSR count). The lowest BCUT2D eigenvalue weighted by atomic mass is 10.0. The van der Waals surface area contributed by atoms with Gasteiger partial charge in [-0.25, -0.2) is 9.97 Å². The second-order valence-corrected chi connectivity index (χ2v) is 6.17. The molecular weight excluding hydrogens is 431 g/mol. The van der Waals surface area contributed by atoms with E-state index in [0.717, 1.165) is 43.3 Å². The lowest BCUT2D eigenvalue weighted by Gasteiger charge is -2.24. The van der Waals surface area contributed by atoms with Gasteiger partial charge in [0.15, 0.2) is 5.96 Å². The van der Waals surface area contributed by atoms with Crippen LogP contribution in [0.4, 0.5) is 0 Å². The van der Waals surface area contributed by atoms with E-state index < -0.39 is 0 Å². The van der Waals surface area contributed by atoms with Gasteiger partial charge < -0.3 is 15.4 Å². The van der Waals surface area contributed by atoms with E-state index >= 15 is 0 Å². The number of guanidine groups is 1. The molecule has 1 aliphatic heterocycles. The van der Waals surface area contributed by atoms with Crippen molar-refractivity contribution >= 4 is 29.9 Å². The zero-order chi connectivity index (χ0) is 16.8. The van der Waals surface area contributed by atoms with Crippen molar-refractivity contribution in [2.24, 2.45) is 4.99 Å². The molecule has 0 radical (unpaired) electrons. The van der Waals surface area contributed by atoms with Crippen LogP contribution in [-0.4, -0.2) is 46.3 Å². The number of nitrogens with one attached hydrogen (secondary N) is 2. The van der Waals surface area contributed by atoms with Crippen molar-refractivity contribution in [3.05, 3.63) is 42.6 Å². The SMILES string of the molecule is CN=C(NCc1ccnc(-n2ccnc2)c1)NCC1(C)CCCO1.I. The average molecular weight is 456 g/mol. The van der Waals surface area contributed by atoms with Gasteiger partial charge in [-0.05, 0) is 37.5 Å². The molecule has 1 unspecified atom stereocenters. The lowest BCUT2D eigenvalue weighted by molar-refractivity contribution is 0.0243. The number of hydrogen-bond acceptors (Lipinski definition) is 4. The van der Waals surface area contributed by atoms with Gasteiger partial charge in [-0.3, -0.25) is 9.56 Å². The van der Waals surface area contributed by atoms with E-state index in [4.69, 9.17) is 4.74 Å². The quantitative estimate of drug-likeness (QED) is 0.410. The molecule has 0 bridgehead atoms. The summed E-state index contributed by atoms with van der Waals surface area (Å²) >= 11 is 0. The number of aromatic nitrogens is 3. The molecule has 0 amide bonds. The van der Waals surface area contributed by atoms with Gasteiger partial charge in [0.05, 0.1) is 5.60 Å². The van der Waals surface area contributed by atoms with Crippen LogP contribution < -0.4 is 10.6 Å². The first kappa shape index (κ1) is 19.6. The van der Waals surface area contributed by atoms with Gasteiger partial charge in [0.2, 0.25) is 0 Å². The summed E-state index contributed by atoms with van der Waals surface area (Å²) in [7, 11) is 1.77. The molecule has 25 heavy (non-hydrogen) atoms. The minimum atomic E-state index is -0.0944. The highest BCUT2D eigenvalue weighted by molar-refractivity contribution is 14.0. The summed E-state index contributed by atoms with van der Waals surface area (Å²) in [6.07, 6.45) is 9.36. The number of halogens is 1. The summed E-state index contributed by atoms with van der Waals surface area (Å²) in [5, 5.41) is 6.68. The average Bonchev–Trinajstić information content (AvgIpc) is 3.27. The summed E-state index contributed by atoms with van der Waals surface area (Å²) < 4.78 is 7.68. The Morgan fingerprint density at radius 3 is 2.96 bits per heavy atom. The predicted octanol–water partition coefficient (Wildman–Crippen LogP) is 2.12. The van der Waals surface area contributed by atoms with E-state index in [1.54, 1.807) is 25.8 Å². The van der Waals surface area contributed by atoms with Crippen LogP contribution in [0.5, 0.6) is 0 Å². The van der Waals surface area contributed by atoms with Crippen LogP contribution in [0.25, 0.3) is 5.82 Å².